The van der Waals surface area contributed by atoms with E-state index in [1.54, 1.807) is 23.3 Å². The number of nitrogens with zero attached hydrogens (tertiary/aromatic N) is 4. The Hall–Kier alpha value is -3.11. The molecule has 180 valence electrons. The molecule has 1 aromatic carbocycles. The van der Waals surface area contributed by atoms with Gasteiger partial charge in [0.1, 0.15) is 11.6 Å². The van der Waals surface area contributed by atoms with E-state index in [0.717, 1.165) is 28.6 Å². The van der Waals surface area contributed by atoms with Crippen LogP contribution in [-0.4, -0.2) is 55.6 Å². The van der Waals surface area contributed by atoms with Crippen LogP contribution in [0.15, 0.2) is 60.1 Å². The number of ether oxygens (including phenoxy) is 1. The third-order valence-corrected chi connectivity index (χ3v) is 6.57. The van der Waals surface area contributed by atoms with Gasteiger partial charge in [0, 0.05) is 42.9 Å². The van der Waals surface area contributed by atoms with E-state index in [1.807, 2.05) is 46.7 Å². The predicted molar refractivity (Wildman–Crippen MR) is 126 cm³/mol. The van der Waals surface area contributed by atoms with E-state index in [9.17, 15) is 18.0 Å². The van der Waals surface area contributed by atoms with Crippen LogP contribution in [0.4, 0.5) is 24.7 Å². The highest BCUT2D eigenvalue weighted by Gasteiger charge is 2.31. The lowest BCUT2D eigenvalue weighted by atomic mass is 10.2. The van der Waals surface area contributed by atoms with Crippen LogP contribution in [0.25, 0.3) is 0 Å². The maximum atomic E-state index is 13.3. The number of amides is 1. The van der Waals surface area contributed by atoms with E-state index < -0.39 is 11.7 Å². The molecule has 1 aliphatic rings. The second-order valence-corrected chi connectivity index (χ2v) is 8.96. The number of halogens is 3. The van der Waals surface area contributed by atoms with Crippen LogP contribution in [0.2, 0.25) is 0 Å². The molecule has 1 saturated heterocycles. The van der Waals surface area contributed by atoms with Crippen LogP contribution in [0.5, 0.6) is 5.75 Å². The van der Waals surface area contributed by atoms with Crippen LogP contribution >= 0.6 is 11.3 Å². The minimum absolute atomic E-state index is 0.0142. The molecule has 0 atom stereocenters. The van der Waals surface area contributed by atoms with Crippen LogP contribution < -0.4 is 14.5 Å². The van der Waals surface area contributed by atoms with E-state index in [-0.39, 0.29) is 12.5 Å². The number of piperazine rings is 1. The fourth-order valence-electron chi connectivity index (χ4n) is 3.80. The van der Waals surface area contributed by atoms with Gasteiger partial charge in [0.05, 0.1) is 25.8 Å². The highest BCUT2D eigenvalue weighted by Crippen LogP contribution is 2.29. The van der Waals surface area contributed by atoms with Crippen LogP contribution in [0, 0.1) is 0 Å². The van der Waals surface area contributed by atoms with Crippen molar-refractivity contribution in [3.05, 3.63) is 70.5 Å². The van der Waals surface area contributed by atoms with Crippen molar-refractivity contribution in [1.82, 2.24) is 9.88 Å². The van der Waals surface area contributed by atoms with E-state index in [4.69, 9.17) is 4.74 Å². The van der Waals surface area contributed by atoms with Crippen molar-refractivity contribution in [1.29, 1.82) is 0 Å². The summed E-state index contributed by atoms with van der Waals surface area (Å²) in [4.78, 5) is 24.1. The Morgan fingerprint density at radius 1 is 1.09 bits per heavy atom. The van der Waals surface area contributed by atoms with Gasteiger partial charge < -0.3 is 14.5 Å². The summed E-state index contributed by atoms with van der Waals surface area (Å²) >= 11 is 1.60. The molecule has 34 heavy (non-hydrogen) atoms. The van der Waals surface area contributed by atoms with E-state index in [1.165, 1.54) is 6.07 Å². The summed E-state index contributed by atoms with van der Waals surface area (Å²) in [5, 5.41) is 1.99. The minimum atomic E-state index is -4.40. The lowest BCUT2D eigenvalue weighted by molar-refractivity contribution is -0.137. The molecule has 0 N–H and O–H groups in total. The molecule has 4 rings (SSSR count). The number of pyridine rings is 1. The number of hydrogen-bond acceptors (Lipinski definition) is 6. The number of alkyl halides is 3. The number of aromatic nitrogens is 1. The molecule has 1 amide bonds. The Bertz CT molecular complexity index is 1070. The van der Waals surface area contributed by atoms with Crippen molar-refractivity contribution < 1.29 is 22.7 Å². The number of thiophene rings is 1. The van der Waals surface area contributed by atoms with Gasteiger partial charge in [0.15, 0.2) is 0 Å². The zero-order valence-electron chi connectivity index (χ0n) is 18.7. The third-order valence-electron chi connectivity index (χ3n) is 5.71. The van der Waals surface area contributed by atoms with Crippen LogP contribution in [-0.2, 0) is 17.5 Å². The predicted octanol–water partition coefficient (Wildman–Crippen LogP) is 4.53. The largest absolute Gasteiger partial charge is 0.497 e. The van der Waals surface area contributed by atoms with E-state index in [0.29, 0.717) is 38.5 Å². The van der Waals surface area contributed by atoms with Gasteiger partial charge in [-0.15, -0.1) is 11.3 Å². The smallest absolute Gasteiger partial charge is 0.417 e. The standard InChI is InChI=1S/C24H25F3N4O2S/c1-33-20-7-5-19(6-8-20)31(16-21-3-2-14-34-21)23(32)17-29-10-12-30(13-11-29)22-9-4-18(15-28-22)24(25,26)27/h2-9,14-15H,10-13,16-17H2,1H3. The Balaban J connectivity index is 1.38. The summed E-state index contributed by atoms with van der Waals surface area (Å²) in [6.45, 7) is 3.13. The summed E-state index contributed by atoms with van der Waals surface area (Å²) in [7, 11) is 1.60. The number of benzene rings is 1. The number of methoxy groups -OCH3 is 1. The molecule has 0 bridgehead atoms. The number of carbonyl (C=O) groups excluding carboxylic acids is 1. The number of rotatable bonds is 7. The van der Waals surface area contributed by atoms with Gasteiger partial charge >= 0.3 is 6.18 Å². The number of carbonyl (C=O) groups is 1. The normalized spacial score (nSPS) is 14.8. The first kappa shape index (κ1) is 24.0. The maximum absolute atomic E-state index is 13.3. The molecule has 0 aliphatic carbocycles. The summed E-state index contributed by atoms with van der Waals surface area (Å²) in [6.07, 6.45) is -3.54. The van der Waals surface area contributed by atoms with Gasteiger partial charge in [-0.25, -0.2) is 4.98 Å². The summed E-state index contributed by atoms with van der Waals surface area (Å²) in [5.74, 6) is 1.22. The van der Waals surface area contributed by atoms with Crippen molar-refractivity contribution in [3.63, 3.8) is 0 Å². The second kappa shape index (κ2) is 10.4. The van der Waals surface area contributed by atoms with Crippen molar-refractivity contribution in [2.45, 2.75) is 12.7 Å². The molecule has 6 nitrogen and oxygen atoms in total. The Morgan fingerprint density at radius 3 is 2.38 bits per heavy atom. The second-order valence-electron chi connectivity index (χ2n) is 7.92. The third kappa shape index (κ3) is 5.87. The molecule has 2 aromatic heterocycles. The molecule has 0 spiro atoms. The van der Waals surface area contributed by atoms with Crippen molar-refractivity contribution in [2.75, 3.05) is 49.6 Å². The highest BCUT2D eigenvalue weighted by atomic mass is 32.1. The molecule has 3 heterocycles. The van der Waals surface area contributed by atoms with Crippen molar-refractivity contribution in [2.24, 2.45) is 0 Å². The fraction of sp³-hybridized carbons (Fsp3) is 0.333. The quantitative estimate of drug-likeness (QED) is 0.487. The number of anilines is 2. The summed E-state index contributed by atoms with van der Waals surface area (Å²) in [5.41, 5.74) is 0.0386. The SMILES string of the molecule is COc1ccc(N(Cc2cccs2)C(=O)CN2CCN(c3ccc(C(F)(F)F)cn3)CC2)cc1. The lowest BCUT2D eigenvalue weighted by Crippen LogP contribution is -2.50. The summed E-state index contributed by atoms with van der Waals surface area (Å²) in [6, 6.07) is 13.8. The topological polar surface area (TPSA) is 48.9 Å². The Morgan fingerprint density at radius 2 is 1.82 bits per heavy atom. The zero-order valence-corrected chi connectivity index (χ0v) is 19.5. The minimum Gasteiger partial charge on any atom is -0.497 e. The van der Waals surface area contributed by atoms with Gasteiger partial charge in [0.25, 0.3) is 0 Å². The van der Waals surface area contributed by atoms with Gasteiger partial charge in [-0.05, 0) is 47.8 Å². The summed E-state index contributed by atoms with van der Waals surface area (Å²) < 4.78 is 43.6. The zero-order chi connectivity index (χ0) is 24.1. The first-order valence-electron chi connectivity index (χ1n) is 10.8. The highest BCUT2D eigenvalue weighted by molar-refractivity contribution is 7.09. The van der Waals surface area contributed by atoms with Gasteiger partial charge in [-0.1, -0.05) is 6.07 Å². The lowest BCUT2D eigenvalue weighted by Gasteiger charge is -2.36. The molecule has 0 unspecified atom stereocenters. The average molecular weight is 491 g/mol. The Kier molecular flexibility index (Phi) is 7.38. The first-order chi connectivity index (χ1) is 16.3. The van der Waals surface area contributed by atoms with Crippen molar-refractivity contribution >= 4 is 28.7 Å². The van der Waals surface area contributed by atoms with Gasteiger partial charge in [-0.2, -0.15) is 13.2 Å². The fourth-order valence-corrected chi connectivity index (χ4v) is 4.49. The average Bonchev–Trinajstić information content (AvgIpc) is 3.36. The molecule has 3 aromatic rings. The van der Waals surface area contributed by atoms with Gasteiger partial charge in [-0.3, -0.25) is 9.69 Å². The van der Waals surface area contributed by atoms with Gasteiger partial charge in [0.2, 0.25) is 5.91 Å². The number of hydrogen-bond donors (Lipinski definition) is 0. The van der Waals surface area contributed by atoms with E-state index >= 15 is 0 Å². The van der Waals surface area contributed by atoms with E-state index in [2.05, 4.69) is 9.88 Å². The molecule has 1 aliphatic heterocycles. The van der Waals surface area contributed by atoms with Crippen LogP contribution in [0.3, 0.4) is 0 Å². The molecule has 10 heteroatoms. The molecular weight excluding hydrogens is 465 g/mol. The molecular formula is C24H25F3N4O2S. The molecule has 1 fully saturated rings. The molecule has 0 saturated carbocycles. The first-order valence-corrected chi connectivity index (χ1v) is 11.7. The monoisotopic (exact) mass is 490 g/mol. The van der Waals surface area contributed by atoms with Crippen LogP contribution in [0.1, 0.15) is 10.4 Å². The Labute approximate surface area is 200 Å². The van der Waals surface area contributed by atoms with Crippen molar-refractivity contribution in [3.8, 4) is 5.75 Å². The maximum Gasteiger partial charge on any atom is 0.417 e. The molecule has 0 radical (unpaired) electrons.